The largest absolute Gasteiger partial charge is 0.465 e. The molecule has 0 amide bonds. The summed E-state index contributed by atoms with van der Waals surface area (Å²) in [5.74, 6) is 1.59. The van der Waals surface area contributed by atoms with E-state index in [9.17, 15) is 4.79 Å². The molecule has 0 aliphatic rings. The molecule has 0 radical (unpaired) electrons. The molecule has 0 heterocycles. The van der Waals surface area contributed by atoms with Gasteiger partial charge in [0.2, 0.25) is 0 Å². The second-order valence-electron chi connectivity index (χ2n) is 9.17. The highest BCUT2D eigenvalue weighted by Crippen LogP contribution is 2.23. The average Bonchev–Trinajstić information content (AvgIpc) is 2.90. The minimum absolute atomic E-state index is 0.374. The average molecular weight is 471 g/mol. The fraction of sp³-hybridized carbons (Fsp3) is 0.344. The zero-order valence-corrected chi connectivity index (χ0v) is 21.3. The third-order valence-electron chi connectivity index (χ3n) is 6.34. The smallest absolute Gasteiger partial charge is 0.343 e. The first-order chi connectivity index (χ1) is 17.1. The summed E-state index contributed by atoms with van der Waals surface area (Å²) in [6, 6.07) is 23.4. The first-order valence-electron chi connectivity index (χ1n) is 12.9. The lowest BCUT2D eigenvalue weighted by Gasteiger charge is -2.09. The Balaban J connectivity index is 1.51. The number of carbonyl (C=O) groups is 1. The van der Waals surface area contributed by atoms with Crippen LogP contribution in [0.15, 0.2) is 85.1 Å². The van der Waals surface area contributed by atoms with E-state index >= 15 is 0 Å². The summed E-state index contributed by atoms with van der Waals surface area (Å²) in [4.78, 5) is 12.6. The van der Waals surface area contributed by atoms with Crippen molar-refractivity contribution in [2.75, 3.05) is 0 Å². The van der Waals surface area contributed by atoms with Gasteiger partial charge in [0.15, 0.2) is 0 Å². The lowest BCUT2D eigenvalue weighted by atomic mass is 9.97. The Bertz CT molecular complexity index is 1050. The molecule has 3 rings (SSSR count). The minimum Gasteiger partial charge on any atom is -0.465 e. The molecule has 0 fully saturated rings. The number of unbranched alkanes of at least 4 members (excludes halogenated alkanes) is 3. The fourth-order valence-corrected chi connectivity index (χ4v) is 3.74. The molecular formula is C32H38O3. The van der Waals surface area contributed by atoms with E-state index in [1.54, 1.807) is 30.5 Å². The van der Waals surface area contributed by atoms with Gasteiger partial charge in [0.1, 0.15) is 11.5 Å². The van der Waals surface area contributed by atoms with Crippen LogP contribution < -0.4 is 9.47 Å². The van der Waals surface area contributed by atoms with Crippen LogP contribution in [0, 0.1) is 5.92 Å². The molecule has 0 aliphatic carbocycles. The predicted molar refractivity (Wildman–Crippen MR) is 145 cm³/mol. The Kier molecular flexibility index (Phi) is 10.6. The lowest BCUT2D eigenvalue weighted by molar-refractivity contribution is 0.0734. The minimum atomic E-state index is -0.374. The van der Waals surface area contributed by atoms with Gasteiger partial charge in [-0.2, -0.15) is 0 Å². The quantitative estimate of drug-likeness (QED) is 0.108. The van der Waals surface area contributed by atoms with Gasteiger partial charge in [0.25, 0.3) is 0 Å². The number of carbonyl (C=O) groups excluding carboxylic acids is 1. The van der Waals surface area contributed by atoms with Crippen molar-refractivity contribution in [1.82, 2.24) is 0 Å². The summed E-state index contributed by atoms with van der Waals surface area (Å²) in [5, 5.41) is 0. The van der Waals surface area contributed by atoms with Crippen LogP contribution in [-0.2, 0) is 6.42 Å². The number of benzene rings is 3. The van der Waals surface area contributed by atoms with Gasteiger partial charge < -0.3 is 9.47 Å². The van der Waals surface area contributed by atoms with Crippen LogP contribution in [0.3, 0.4) is 0 Å². The summed E-state index contributed by atoms with van der Waals surface area (Å²) < 4.78 is 11.1. The van der Waals surface area contributed by atoms with Gasteiger partial charge in [-0.05, 0) is 90.8 Å². The van der Waals surface area contributed by atoms with E-state index in [-0.39, 0.29) is 5.97 Å². The molecule has 0 bridgehead atoms. The standard InChI is InChI=1S/C32H38O3/c1-4-6-7-8-9-24-34-30-20-22-31(23-21-30)35-32(33)29-18-16-28(17-19-29)27-14-12-26(13-15-27)11-10-25(3)5-2/h9,12-25H,4-8,10-11H2,1-3H3/b24-9+/t25-/m0/s1. The summed E-state index contributed by atoms with van der Waals surface area (Å²) in [5.41, 5.74) is 4.12. The van der Waals surface area contributed by atoms with Gasteiger partial charge in [0.05, 0.1) is 11.8 Å². The number of hydrogen-bond acceptors (Lipinski definition) is 3. The summed E-state index contributed by atoms with van der Waals surface area (Å²) in [7, 11) is 0. The Hall–Kier alpha value is -3.33. The van der Waals surface area contributed by atoms with Crippen LogP contribution in [0.2, 0.25) is 0 Å². The Morgan fingerprint density at radius 3 is 2.09 bits per heavy atom. The molecule has 1 atom stereocenters. The first kappa shape index (κ1) is 26.3. The zero-order valence-electron chi connectivity index (χ0n) is 21.3. The highest BCUT2D eigenvalue weighted by Gasteiger charge is 2.09. The molecule has 0 aliphatic heterocycles. The number of aryl methyl sites for hydroxylation is 1. The lowest BCUT2D eigenvalue weighted by Crippen LogP contribution is -2.08. The van der Waals surface area contributed by atoms with Crippen LogP contribution in [0.5, 0.6) is 11.5 Å². The molecule has 3 heteroatoms. The van der Waals surface area contributed by atoms with Crippen molar-refractivity contribution in [3.63, 3.8) is 0 Å². The van der Waals surface area contributed by atoms with E-state index in [4.69, 9.17) is 9.47 Å². The molecule has 184 valence electrons. The monoisotopic (exact) mass is 470 g/mol. The topological polar surface area (TPSA) is 35.5 Å². The fourth-order valence-electron chi connectivity index (χ4n) is 3.74. The van der Waals surface area contributed by atoms with Crippen molar-refractivity contribution < 1.29 is 14.3 Å². The van der Waals surface area contributed by atoms with Crippen LogP contribution in [-0.4, -0.2) is 5.97 Å². The van der Waals surface area contributed by atoms with Gasteiger partial charge >= 0.3 is 5.97 Å². The van der Waals surface area contributed by atoms with Crippen LogP contribution in [0.1, 0.15) is 75.2 Å². The van der Waals surface area contributed by atoms with Crippen molar-refractivity contribution in [3.8, 4) is 22.6 Å². The van der Waals surface area contributed by atoms with E-state index in [0.29, 0.717) is 17.1 Å². The van der Waals surface area contributed by atoms with Gasteiger partial charge in [-0.3, -0.25) is 0 Å². The van der Waals surface area contributed by atoms with Crippen molar-refractivity contribution in [3.05, 3.63) is 96.3 Å². The molecule has 0 saturated heterocycles. The van der Waals surface area contributed by atoms with Gasteiger partial charge in [-0.15, -0.1) is 0 Å². The van der Waals surface area contributed by atoms with Crippen molar-refractivity contribution in [1.29, 1.82) is 0 Å². The van der Waals surface area contributed by atoms with E-state index < -0.39 is 0 Å². The SMILES string of the molecule is CCCCC/C=C/Oc1ccc(OC(=O)c2ccc(-c3ccc(CC[C@@H](C)CC)cc3)cc2)cc1. The number of ether oxygens (including phenoxy) is 2. The molecule has 3 aromatic carbocycles. The molecule has 0 spiro atoms. The second kappa shape index (κ2) is 14.2. The Morgan fingerprint density at radius 2 is 1.46 bits per heavy atom. The maximum Gasteiger partial charge on any atom is 0.343 e. The second-order valence-corrected chi connectivity index (χ2v) is 9.17. The molecular weight excluding hydrogens is 432 g/mol. The van der Waals surface area contributed by atoms with Crippen LogP contribution in [0.4, 0.5) is 0 Å². The molecule has 3 nitrogen and oxygen atoms in total. The third-order valence-corrected chi connectivity index (χ3v) is 6.34. The highest BCUT2D eigenvalue weighted by atomic mass is 16.5. The summed E-state index contributed by atoms with van der Waals surface area (Å²) in [6.45, 7) is 6.74. The molecule has 0 unspecified atom stereocenters. The number of rotatable bonds is 13. The van der Waals surface area contributed by atoms with Crippen molar-refractivity contribution in [2.45, 2.75) is 65.7 Å². The zero-order chi connectivity index (χ0) is 24.9. The highest BCUT2D eigenvalue weighted by molar-refractivity contribution is 5.91. The van der Waals surface area contributed by atoms with E-state index in [2.05, 4.69) is 45.0 Å². The molecule has 35 heavy (non-hydrogen) atoms. The Labute approximate surface area is 210 Å². The van der Waals surface area contributed by atoms with E-state index in [1.807, 2.05) is 30.3 Å². The first-order valence-corrected chi connectivity index (χ1v) is 12.9. The van der Waals surface area contributed by atoms with Crippen molar-refractivity contribution >= 4 is 5.97 Å². The Morgan fingerprint density at radius 1 is 0.829 bits per heavy atom. The van der Waals surface area contributed by atoms with E-state index in [1.165, 1.54) is 37.7 Å². The summed E-state index contributed by atoms with van der Waals surface area (Å²) in [6.07, 6.45) is 12.0. The van der Waals surface area contributed by atoms with Gasteiger partial charge in [-0.25, -0.2) is 4.79 Å². The maximum atomic E-state index is 12.6. The van der Waals surface area contributed by atoms with Crippen LogP contribution in [0.25, 0.3) is 11.1 Å². The molecule has 3 aromatic rings. The number of allylic oxidation sites excluding steroid dienone is 1. The number of hydrogen-bond donors (Lipinski definition) is 0. The molecule has 0 aromatic heterocycles. The maximum absolute atomic E-state index is 12.6. The van der Waals surface area contributed by atoms with E-state index in [0.717, 1.165) is 29.9 Å². The van der Waals surface area contributed by atoms with Crippen molar-refractivity contribution in [2.24, 2.45) is 5.92 Å². The predicted octanol–water partition coefficient (Wildman–Crippen LogP) is 9.02. The molecule has 0 saturated carbocycles. The van der Waals surface area contributed by atoms with Gasteiger partial charge in [-0.1, -0.05) is 76.4 Å². The third kappa shape index (κ3) is 8.75. The van der Waals surface area contributed by atoms with Crippen LogP contribution >= 0.6 is 0 Å². The molecule has 0 N–H and O–H groups in total. The van der Waals surface area contributed by atoms with Gasteiger partial charge in [0, 0.05) is 0 Å². The normalized spacial score (nSPS) is 12.0. The number of esters is 1. The summed E-state index contributed by atoms with van der Waals surface area (Å²) >= 11 is 0.